The second kappa shape index (κ2) is 6.37. The monoisotopic (exact) mass is 320 g/mol. The third kappa shape index (κ3) is 2.82. The quantitative estimate of drug-likeness (QED) is 0.639. The van der Waals surface area contributed by atoms with Crippen LogP contribution in [0.5, 0.6) is 0 Å². The summed E-state index contributed by atoms with van der Waals surface area (Å²) < 4.78 is 0. The minimum absolute atomic E-state index is 0.0300. The summed E-state index contributed by atoms with van der Waals surface area (Å²) in [5.74, 6) is 6.18. The zero-order valence-electron chi connectivity index (χ0n) is 11.7. The predicted octanol–water partition coefficient (Wildman–Crippen LogP) is 4.62. The molecule has 0 bridgehead atoms. The number of fused-ring (bicyclic) bond motifs is 1. The van der Waals surface area contributed by atoms with E-state index >= 15 is 0 Å². The summed E-state index contributed by atoms with van der Waals surface area (Å²) in [5, 5.41) is 1.16. The van der Waals surface area contributed by atoms with Crippen molar-refractivity contribution in [1.29, 1.82) is 0 Å². The van der Waals surface area contributed by atoms with Crippen LogP contribution in [0.1, 0.15) is 41.5 Å². The minimum Gasteiger partial charge on any atom is -0.271 e. The molecule has 4 heteroatoms. The molecule has 0 radical (unpaired) electrons. The van der Waals surface area contributed by atoms with Crippen LogP contribution in [-0.2, 0) is 6.42 Å². The Balaban J connectivity index is 2.04. The highest BCUT2D eigenvalue weighted by molar-refractivity contribution is 6.42. The Bertz CT molecular complexity index is 642. The average Bonchev–Trinajstić information content (AvgIpc) is 2.52. The van der Waals surface area contributed by atoms with Gasteiger partial charge in [-0.25, -0.2) is 0 Å². The lowest BCUT2D eigenvalue weighted by atomic mass is 9.77. The van der Waals surface area contributed by atoms with Crippen molar-refractivity contribution in [2.45, 2.75) is 31.2 Å². The third-order valence-electron chi connectivity index (χ3n) is 4.31. The van der Waals surface area contributed by atoms with Gasteiger partial charge in [0.15, 0.2) is 0 Å². The Kier molecular flexibility index (Phi) is 4.51. The van der Waals surface area contributed by atoms with Gasteiger partial charge in [0.25, 0.3) is 0 Å². The van der Waals surface area contributed by atoms with Crippen LogP contribution in [0.4, 0.5) is 0 Å². The van der Waals surface area contributed by atoms with Gasteiger partial charge in [0.05, 0.1) is 16.1 Å². The van der Waals surface area contributed by atoms with E-state index in [0.29, 0.717) is 16.0 Å². The van der Waals surface area contributed by atoms with Crippen LogP contribution < -0.4 is 11.3 Å². The van der Waals surface area contributed by atoms with Crippen molar-refractivity contribution < 1.29 is 0 Å². The second-order valence-corrected chi connectivity index (χ2v) is 6.27. The molecule has 0 saturated heterocycles. The van der Waals surface area contributed by atoms with Crippen molar-refractivity contribution >= 4 is 23.2 Å². The fraction of sp³-hybridized carbons (Fsp3) is 0.294. The Hall–Kier alpha value is -1.06. The fourth-order valence-corrected chi connectivity index (χ4v) is 3.75. The molecule has 110 valence electrons. The summed E-state index contributed by atoms with van der Waals surface area (Å²) in [6.07, 6.45) is 3.39. The van der Waals surface area contributed by atoms with E-state index in [-0.39, 0.29) is 6.04 Å². The van der Waals surface area contributed by atoms with Crippen molar-refractivity contribution in [2.75, 3.05) is 0 Å². The van der Waals surface area contributed by atoms with E-state index in [1.165, 1.54) is 11.1 Å². The molecule has 21 heavy (non-hydrogen) atoms. The number of hydrogen-bond acceptors (Lipinski definition) is 2. The molecule has 1 aliphatic rings. The molecule has 0 spiro atoms. The normalized spacial score (nSPS) is 19.1. The van der Waals surface area contributed by atoms with Gasteiger partial charge in [-0.3, -0.25) is 11.3 Å². The fourth-order valence-electron chi connectivity index (χ4n) is 3.32. The highest BCUT2D eigenvalue weighted by Crippen LogP contribution is 2.42. The van der Waals surface area contributed by atoms with E-state index in [1.807, 2.05) is 12.1 Å². The number of nitrogens with two attached hydrogens (primary N) is 1. The summed E-state index contributed by atoms with van der Waals surface area (Å²) in [6.45, 7) is 0. The first-order valence-electron chi connectivity index (χ1n) is 7.20. The molecule has 0 aromatic heterocycles. The van der Waals surface area contributed by atoms with E-state index < -0.39 is 0 Å². The lowest BCUT2D eigenvalue weighted by Crippen LogP contribution is -2.34. The molecular formula is C17H18Cl2N2. The molecule has 0 heterocycles. The van der Waals surface area contributed by atoms with Gasteiger partial charge in [-0.1, -0.05) is 59.6 Å². The first-order chi connectivity index (χ1) is 10.2. The van der Waals surface area contributed by atoms with Crippen LogP contribution >= 0.6 is 23.2 Å². The molecule has 2 aromatic rings. The molecule has 0 saturated carbocycles. The molecule has 0 aliphatic heterocycles. The molecular weight excluding hydrogens is 303 g/mol. The largest absolute Gasteiger partial charge is 0.271 e. The van der Waals surface area contributed by atoms with Gasteiger partial charge < -0.3 is 0 Å². The molecule has 2 atom stereocenters. The Labute approximate surface area is 135 Å². The van der Waals surface area contributed by atoms with Crippen LogP contribution in [0.2, 0.25) is 10.0 Å². The van der Waals surface area contributed by atoms with Gasteiger partial charge in [0.1, 0.15) is 0 Å². The third-order valence-corrected chi connectivity index (χ3v) is 5.15. The lowest BCUT2D eigenvalue weighted by Gasteiger charge is -2.33. The number of hydrazine groups is 1. The first-order valence-corrected chi connectivity index (χ1v) is 7.96. The number of aryl methyl sites for hydroxylation is 1. The summed E-state index contributed by atoms with van der Waals surface area (Å²) in [5.41, 5.74) is 6.69. The van der Waals surface area contributed by atoms with Gasteiger partial charge in [0, 0.05) is 5.92 Å². The Morgan fingerprint density at radius 2 is 1.90 bits per heavy atom. The smallest absolute Gasteiger partial charge is 0.0640 e. The SMILES string of the molecule is NNC(c1cccc(Cl)c1Cl)C1CCCc2ccccc21. The maximum absolute atomic E-state index is 6.39. The molecule has 3 rings (SSSR count). The second-order valence-electron chi connectivity index (χ2n) is 5.48. The maximum atomic E-state index is 6.39. The van der Waals surface area contributed by atoms with E-state index in [1.54, 1.807) is 6.07 Å². The van der Waals surface area contributed by atoms with Crippen LogP contribution in [0.3, 0.4) is 0 Å². The van der Waals surface area contributed by atoms with Gasteiger partial charge >= 0.3 is 0 Å². The zero-order chi connectivity index (χ0) is 14.8. The van der Waals surface area contributed by atoms with Crippen LogP contribution in [0, 0.1) is 0 Å². The van der Waals surface area contributed by atoms with Gasteiger partial charge in [-0.05, 0) is 42.0 Å². The van der Waals surface area contributed by atoms with Crippen LogP contribution in [0.25, 0.3) is 0 Å². The van der Waals surface area contributed by atoms with Crippen molar-refractivity contribution in [2.24, 2.45) is 5.84 Å². The number of hydrogen-bond donors (Lipinski definition) is 2. The minimum atomic E-state index is -0.0300. The average molecular weight is 321 g/mol. The molecule has 3 N–H and O–H groups in total. The molecule has 1 aliphatic carbocycles. The van der Waals surface area contributed by atoms with Gasteiger partial charge in [0.2, 0.25) is 0 Å². The van der Waals surface area contributed by atoms with Crippen molar-refractivity contribution in [3.63, 3.8) is 0 Å². The van der Waals surface area contributed by atoms with Crippen LogP contribution in [-0.4, -0.2) is 0 Å². The first kappa shape index (κ1) is 14.9. The molecule has 2 unspecified atom stereocenters. The molecule has 0 amide bonds. The van der Waals surface area contributed by atoms with E-state index in [2.05, 4.69) is 29.7 Å². The topological polar surface area (TPSA) is 38.0 Å². The highest BCUT2D eigenvalue weighted by atomic mass is 35.5. The van der Waals surface area contributed by atoms with E-state index in [4.69, 9.17) is 29.0 Å². The van der Waals surface area contributed by atoms with Gasteiger partial charge in [-0.2, -0.15) is 0 Å². The number of rotatable bonds is 3. The summed E-state index contributed by atoms with van der Waals surface area (Å²) >= 11 is 12.5. The Morgan fingerprint density at radius 1 is 1.10 bits per heavy atom. The van der Waals surface area contributed by atoms with E-state index in [9.17, 15) is 0 Å². The lowest BCUT2D eigenvalue weighted by molar-refractivity contribution is 0.408. The number of benzene rings is 2. The van der Waals surface area contributed by atoms with E-state index in [0.717, 1.165) is 24.8 Å². The molecule has 2 nitrogen and oxygen atoms in total. The maximum Gasteiger partial charge on any atom is 0.0640 e. The molecule has 2 aromatic carbocycles. The Morgan fingerprint density at radius 3 is 2.71 bits per heavy atom. The molecule has 0 fully saturated rings. The summed E-state index contributed by atoms with van der Waals surface area (Å²) in [6, 6.07) is 14.3. The van der Waals surface area contributed by atoms with Gasteiger partial charge in [-0.15, -0.1) is 0 Å². The number of halogens is 2. The van der Waals surface area contributed by atoms with Crippen molar-refractivity contribution in [1.82, 2.24) is 5.43 Å². The van der Waals surface area contributed by atoms with Crippen molar-refractivity contribution in [3.05, 3.63) is 69.2 Å². The predicted molar refractivity (Wildman–Crippen MR) is 88.6 cm³/mol. The summed E-state index contributed by atoms with van der Waals surface area (Å²) in [4.78, 5) is 0. The zero-order valence-corrected chi connectivity index (χ0v) is 13.2. The van der Waals surface area contributed by atoms with Crippen molar-refractivity contribution in [3.8, 4) is 0 Å². The number of nitrogens with one attached hydrogen (secondary N) is 1. The summed E-state index contributed by atoms with van der Waals surface area (Å²) in [7, 11) is 0. The van der Waals surface area contributed by atoms with Crippen LogP contribution in [0.15, 0.2) is 42.5 Å². The highest BCUT2D eigenvalue weighted by Gasteiger charge is 2.29. The standard InChI is InChI=1S/C17H18Cl2N2/c18-15-10-4-9-14(16(15)19)17(21-20)13-8-3-6-11-5-1-2-7-12(11)13/h1-2,4-5,7,9-10,13,17,21H,3,6,8,20H2.